The third kappa shape index (κ3) is 4.30. The molecule has 23 heavy (non-hydrogen) atoms. The van der Waals surface area contributed by atoms with E-state index in [-0.39, 0.29) is 16.8 Å². The summed E-state index contributed by atoms with van der Waals surface area (Å²) in [4.78, 5) is 14.2. The van der Waals surface area contributed by atoms with Gasteiger partial charge < -0.3 is 4.90 Å². The van der Waals surface area contributed by atoms with Gasteiger partial charge in [0.15, 0.2) is 0 Å². The largest absolute Gasteiger partial charge is 0.335 e. The minimum absolute atomic E-state index is 0.0556. The Bertz CT molecular complexity index is 819. The number of nitrogens with two attached hydrogens (primary N) is 1. The summed E-state index contributed by atoms with van der Waals surface area (Å²) in [5.41, 5.74) is 1.45. The van der Waals surface area contributed by atoms with Gasteiger partial charge in [-0.05, 0) is 65.4 Å². The topological polar surface area (TPSA) is 80.5 Å². The molecule has 0 bridgehead atoms. The molecule has 2 N–H and O–H groups in total. The van der Waals surface area contributed by atoms with E-state index in [2.05, 4.69) is 22.6 Å². The lowest BCUT2D eigenvalue weighted by Gasteiger charge is -2.25. The molecular weight excluding hydrogens is 427 g/mol. The van der Waals surface area contributed by atoms with Gasteiger partial charge in [-0.25, -0.2) is 13.6 Å². The fourth-order valence-electron chi connectivity index (χ4n) is 2.16. The van der Waals surface area contributed by atoms with Crippen LogP contribution in [0.4, 0.5) is 0 Å². The Morgan fingerprint density at radius 3 is 2.30 bits per heavy atom. The van der Waals surface area contributed by atoms with E-state index in [4.69, 9.17) is 5.14 Å². The smallest absolute Gasteiger partial charge is 0.254 e. The standard InChI is InChI=1S/C16H17IN2O3S/c1-11(12-6-8-15(9-7-12)23(18,21)22)19(2)16(20)13-4-3-5-14(17)10-13/h3-11H,1-2H3,(H2,18,21,22). The van der Waals surface area contributed by atoms with Crippen molar-refractivity contribution in [1.29, 1.82) is 0 Å². The molecule has 0 spiro atoms. The van der Waals surface area contributed by atoms with E-state index in [1.54, 1.807) is 30.1 Å². The number of benzene rings is 2. The third-order valence-electron chi connectivity index (χ3n) is 3.66. The second kappa shape index (κ2) is 6.98. The first-order chi connectivity index (χ1) is 10.7. The fraction of sp³-hybridized carbons (Fsp3) is 0.188. The lowest BCUT2D eigenvalue weighted by molar-refractivity contribution is 0.0742. The first-order valence-electron chi connectivity index (χ1n) is 6.85. The molecule has 1 unspecified atom stereocenters. The number of hydrogen-bond donors (Lipinski definition) is 1. The first-order valence-corrected chi connectivity index (χ1v) is 9.48. The number of rotatable bonds is 4. The van der Waals surface area contributed by atoms with E-state index in [1.165, 1.54) is 12.1 Å². The number of hydrogen-bond acceptors (Lipinski definition) is 3. The number of amides is 1. The van der Waals surface area contributed by atoms with Crippen LogP contribution in [-0.4, -0.2) is 26.3 Å². The zero-order valence-electron chi connectivity index (χ0n) is 12.7. The molecule has 0 aliphatic heterocycles. The molecule has 0 fully saturated rings. The molecule has 2 aromatic carbocycles. The molecule has 0 radical (unpaired) electrons. The Morgan fingerprint density at radius 1 is 1.17 bits per heavy atom. The van der Waals surface area contributed by atoms with Crippen molar-refractivity contribution in [1.82, 2.24) is 4.90 Å². The van der Waals surface area contributed by atoms with Crippen LogP contribution in [0.3, 0.4) is 0 Å². The van der Waals surface area contributed by atoms with E-state index in [0.717, 1.165) is 9.13 Å². The first kappa shape index (κ1) is 17.9. The van der Waals surface area contributed by atoms with Gasteiger partial charge >= 0.3 is 0 Å². The van der Waals surface area contributed by atoms with Crippen molar-refractivity contribution < 1.29 is 13.2 Å². The highest BCUT2D eigenvalue weighted by Gasteiger charge is 2.19. The SMILES string of the molecule is CC(c1ccc(S(N)(=O)=O)cc1)N(C)C(=O)c1cccc(I)c1. The summed E-state index contributed by atoms with van der Waals surface area (Å²) in [5, 5.41) is 5.09. The van der Waals surface area contributed by atoms with E-state index in [0.29, 0.717) is 5.56 Å². The van der Waals surface area contributed by atoms with Crippen LogP contribution in [0, 0.1) is 3.57 Å². The summed E-state index contributed by atoms with van der Waals surface area (Å²) in [6, 6.07) is 13.4. The van der Waals surface area contributed by atoms with Gasteiger partial charge in [0, 0.05) is 16.2 Å². The highest BCUT2D eigenvalue weighted by atomic mass is 127. The van der Waals surface area contributed by atoms with Gasteiger partial charge in [-0.15, -0.1) is 0 Å². The summed E-state index contributed by atoms with van der Waals surface area (Å²) in [7, 11) is -1.99. The van der Waals surface area contributed by atoms with Crippen molar-refractivity contribution in [3.05, 3.63) is 63.2 Å². The van der Waals surface area contributed by atoms with E-state index in [1.807, 2.05) is 25.1 Å². The van der Waals surface area contributed by atoms with Gasteiger partial charge in [0.1, 0.15) is 0 Å². The summed E-state index contributed by atoms with van der Waals surface area (Å²) in [5.74, 6) is -0.0912. The van der Waals surface area contributed by atoms with Gasteiger partial charge in [-0.1, -0.05) is 18.2 Å². The summed E-state index contributed by atoms with van der Waals surface area (Å²) < 4.78 is 23.6. The summed E-state index contributed by atoms with van der Waals surface area (Å²) in [6.07, 6.45) is 0. The molecule has 5 nitrogen and oxygen atoms in total. The Hall–Kier alpha value is -1.45. The van der Waals surface area contributed by atoms with Gasteiger partial charge in [0.05, 0.1) is 10.9 Å². The average molecular weight is 444 g/mol. The third-order valence-corrected chi connectivity index (χ3v) is 5.26. The number of carbonyl (C=O) groups excluding carboxylic acids is 1. The molecule has 0 aliphatic rings. The Kier molecular flexibility index (Phi) is 5.43. The van der Waals surface area contributed by atoms with Crippen molar-refractivity contribution in [3.8, 4) is 0 Å². The zero-order chi connectivity index (χ0) is 17.2. The molecule has 2 rings (SSSR count). The van der Waals surface area contributed by atoms with Gasteiger partial charge in [0.2, 0.25) is 10.0 Å². The molecule has 0 heterocycles. The summed E-state index contributed by atoms with van der Waals surface area (Å²) in [6.45, 7) is 1.89. The zero-order valence-corrected chi connectivity index (χ0v) is 15.7. The molecule has 0 saturated heterocycles. The maximum absolute atomic E-state index is 12.5. The van der Waals surface area contributed by atoms with Gasteiger partial charge in [-0.3, -0.25) is 4.79 Å². The normalized spacial score (nSPS) is 12.7. The molecule has 0 saturated carbocycles. The maximum Gasteiger partial charge on any atom is 0.254 e. The number of carbonyl (C=O) groups is 1. The summed E-state index contributed by atoms with van der Waals surface area (Å²) >= 11 is 2.16. The monoisotopic (exact) mass is 444 g/mol. The van der Waals surface area contributed by atoms with E-state index >= 15 is 0 Å². The minimum Gasteiger partial charge on any atom is -0.335 e. The molecule has 1 amide bonds. The predicted octanol–water partition coefficient (Wildman–Crippen LogP) is 2.77. The molecule has 1 atom stereocenters. The second-order valence-corrected chi connectivity index (χ2v) is 8.02. The van der Waals surface area contributed by atoms with E-state index < -0.39 is 10.0 Å². The molecule has 0 aromatic heterocycles. The maximum atomic E-state index is 12.5. The number of sulfonamides is 1. The quantitative estimate of drug-likeness (QED) is 0.737. The highest BCUT2D eigenvalue weighted by molar-refractivity contribution is 14.1. The minimum atomic E-state index is -3.71. The van der Waals surface area contributed by atoms with Crippen molar-refractivity contribution in [2.45, 2.75) is 17.9 Å². The van der Waals surface area contributed by atoms with Crippen LogP contribution in [0.15, 0.2) is 53.4 Å². The number of nitrogens with zero attached hydrogens (tertiary/aromatic N) is 1. The number of primary sulfonamides is 1. The molecular formula is C16H17IN2O3S. The average Bonchev–Trinajstić information content (AvgIpc) is 2.52. The van der Waals surface area contributed by atoms with Crippen LogP contribution < -0.4 is 5.14 Å². The van der Waals surface area contributed by atoms with Crippen molar-refractivity contribution in [2.75, 3.05) is 7.05 Å². The highest BCUT2D eigenvalue weighted by Crippen LogP contribution is 2.22. The Balaban J connectivity index is 2.22. The van der Waals surface area contributed by atoms with E-state index in [9.17, 15) is 13.2 Å². The van der Waals surface area contributed by atoms with Crippen LogP contribution in [0.1, 0.15) is 28.9 Å². The second-order valence-electron chi connectivity index (χ2n) is 5.22. The van der Waals surface area contributed by atoms with Crippen LogP contribution in [-0.2, 0) is 10.0 Å². The lowest BCUT2D eigenvalue weighted by Crippen LogP contribution is -2.29. The Morgan fingerprint density at radius 2 is 1.78 bits per heavy atom. The van der Waals surface area contributed by atoms with Gasteiger partial charge in [0.25, 0.3) is 5.91 Å². The molecule has 0 aliphatic carbocycles. The van der Waals surface area contributed by atoms with Crippen molar-refractivity contribution in [3.63, 3.8) is 0 Å². The van der Waals surface area contributed by atoms with Gasteiger partial charge in [-0.2, -0.15) is 0 Å². The lowest BCUT2D eigenvalue weighted by atomic mass is 10.1. The van der Waals surface area contributed by atoms with Crippen molar-refractivity contribution in [2.24, 2.45) is 5.14 Å². The molecule has 122 valence electrons. The molecule has 7 heteroatoms. The van der Waals surface area contributed by atoms with Crippen LogP contribution in [0.5, 0.6) is 0 Å². The number of halogens is 1. The van der Waals surface area contributed by atoms with Crippen LogP contribution in [0.2, 0.25) is 0 Å². The Labute approximate surface area is 149 Å². The van der Waals surface area contributed by atoms with Crippen molar-refractivity contribution >= 4 is 38.5 Å². The molecule has 2 aromatic rings. The van der Waals surface area contributed by atoms with Crippen LogP contribution >= 0.6 is 22.6 Å². The van der Waals surface area contributed by atoms with Crippen LogP contribution in [0.25, 0.3) is 0 Å². The predicted molar refractivity (Wildman–Crippen MR) is 97.5 cm³/mol. The fourth-order valence-corrected chi connectivity index (χ4v) is 3.22.